The van der Waals surface area contributed by atoms with Gasteiger partial charge in [-0.05, 0) is 23.3 Å². The molecule has 0 fully saturated rings. The lowest BCUT2D eigenvalue weighted by atomic mass is 10.1. The molecular weight excluding hydrogens is 251 g/mol. The van der Waals surface area contributed by atoms with Crippen LogP contribution in [0, 0.1) is 5.82 Å². The summed E-state index contributed by atoms with van der Waals surface area (Å²) >= 11 is 0. The zero-order valence-corrected chi connectivity index (χ0v) is 12.7. The Balaban J connectivity index is 2.48. The lowest BCUT2D eigenvalue weighted by Gasteiger charge is -2.21. The molecule has 2 aromatic rings. The van der Waals surface area contributed by atoms with E-state index >= 15 is 0 Å². The molecule has 19 heavy (non-hydrogen) atoms. The first-order chi connectivity index (χ1) is 8.97. The second kappa shape index (κ2) is 5.53. The van der Waals surface area contributed by atoms with Gasteiger partial charge in [0, 0.05) is 0 Å². The summed E-state index contributed by atoms with van der Waals surface area (Å²) in [5.74, 6) is -0.182. The number of benzene rings is 2. The van der Waals surface area contributed by atoms with Crippen molar-refractivity contribution in [3.05, 3.63) is 71.5 Å². The second-order valence-corrected chi connectivity index (χ2v) is 10.8. The van der Waals surface area contributed by atoms with Gasteiger partial charge in [0.2, 0.25) is 0 Å². The van der Waals surface area contributed by atoms with Crippen molar-refractivity contribution < 1.29 is 4.39 Å². The molecule has 0 saturated heterocycles. The Morgan fingerprint density at radius 3 is 2.00 bits per heavy atom. The molecule has 0 bridgehead atoms. The molecule has 2 rings (SSSR count). The molecule has 0 aliphatic heterocycles. The van der Waals surface area contributed by atoms with Crippen molar-refractivity contribution in [2.24, 2.45) is 0 Å². The van der Waals surface area contributed by atoms with Gasteiger partial charge in [-0.1, -0.05) is 73.4 Å². The van der Waals surface area contributed by atoms with Crippen LogP contribution in [0.1, 0.15) is 11.1 Å². The van der Waals surface area contributed by atoms with Gasteiger partial charge in [-0.15, -0.1) is 0 Å². The van der Waals surface area contributed by atoms with Gasteiger partial charge in [0.15, 0.2) is 0 Å². The van der Waals surface area contributed by atoms with Crippen LogP contribution in [0.4, 0.5) is 4.39 Å². The highest BCUT2D eigenvalue weighted by Gasteiger charge is 2.21. The minimum Gasteiger partial charge on any atom is -0.207 e. The SMILES string of the molecule is C[Si](C)(C)/C(=C\c1ccccc1)c1ccc(F)cc1. The van der Waals surface area contributed by atoms with Crippen molar-refractivity contribution in [2.45, 2.75) is 19.6 Å². The summed E-state index contributed by atoms with van der Waals surface area (Å²) in [7, 11) is -1.49. The summed E-state index contributed by atoms with van der Waals surface area (Å²) in [5.41, 5.74) is 2.33. The van der Waals surface area contributed by atoms with Gasteiger partial charge in [-0.2, -0.15) is 0 Å². The highest BCUT2D eigenvalue weighted by Crippen LogP contribution is 2.28. The Kier molecular flexibility index (Phi) is 4.01. The minimum absolute atomic E-state index is 0.182. The minimum atomic E-state index is -1.49. The lowest BCUT2D eigenvalue weighted by Crippen LogP contribution is -2.22. The first kappa shape index (κ1) is 13.8. The Hall–Kier alpha value is -1.67. The van der Waals surface area contributed by atoms with Gasteiger partial charge in [0.05, 0.1) is 8.07 Å². The molecule has 0 unspecified atom stereocenters. The fourth-order valence-electron chi connectivity index (χ4n) is 2.08. The number of hydrogen-bond donors (Lipinski definition) is 0. The number of halogens is 1. The Labute approximate surface area is 115 Å². The Morgan fingerprint density at radius 2 is 1.47 bits per heavy atom. The van der Waals surface area contributed by atoms with Crippen LogP contribution in [-0.2, 0) is 0 Å². The fraction of sp³-hybridized carbons (Fsp3) is 0.176. The van der Waals surface area contributed by atoms with Crippen molar-refractivity contribution in [3.8, 4) is 0 Å². The molecule has 0 amide bonds. The van der Waals surface area contributed by atoms with E-state index in [-0.39, 0.29) is 5.82 Å². The molecular formula is C17H19FSi. The maximum atomic E-state index is 13.1. The Bertz CT molecular complexity index is 562. The van der Waals surface area contributed by atoms with E-state index in [1.54, 1.807) is 0 Å². The maximum Gasteiger partial charge on any atom is 0.123 e. The van der Waals surface area contributed by atoms with Crippen molar-refractivity contribution in [2.75, 3.05) is 0 Å². The summed E-state index contributed by atoms with van der Waals surface area (Å²) in [4.78, 5) is 0. The predicted octanol–water partition coefficient (Wildman–Crippen LogP) is 5.24. The lowest BCUT2D eigenvalue weighted by molar-refractivity contribution is 0.627. The van der Waals surface area contributed by atoms with Crippen LogP contribution in [0.5, 0.6) is 0 Å². The van der Waals surface area contributed by atoms with E-state index in [9.17, 15) is 4.39 Å². The standard InChI is InChI=1S/C17H19FSi/c1-19(2,3)17(13-14-7-5-4-6-8-14)15-9-11-16(18)12-10-15/h4-13H,1-3H3/b17-13-. The maximum absolute atomic E-state index is 13.1. The molecule has 0 nitrogen and oxygen atoms in total. The quantitative estimate of drug-likeness (QED) is 0.528. The summed E-state index contributed by atoms with van der Waals surface area (Å²) in [6.45, 7) is 6.93. The average molecular weight is 270 g/mol. The summed E-state index contributed by atoms with van der Waals surface area (Å²) in [6, 6.07) is 17.1. The van der Waals surface area contributed by atoms with E-state index in [1.165, 1.54) is 22.9 Å². The summed E-state index contributed by atoms with van der Waals surface area (Å²) < 4.78 is 13.1. The smallest absolute Gasteiger partial charge is 0.123 e. The van der Waals surface area contributed by atoms with E-state index < -0.39 is 8.07 Å². The molecule has 98 valence electrons. The molecule has 0 N–H and O–H groups in total. The second-order valence-electron chi connectivity index (χ2n) is 5.73. The molecule has 0 spiro atoms. The van der Waals surface area contributed by atoms with E-state index in [4.69, 9.17) is 0 Å². The van der Waals surface area contributed by atoms with Gasteiger partial charge in [0.1, 0.15) is 5.82 Å². The monoisotopic (exact) mass is 270 g/mol. The van der Waals surface area contributed by atoms with E-state index in [0.717, 1.165) is 5.56 Å². The van der Waals surface area contributed by atoms with Crippen molar-refractivity contribution in [1.82, 2.24) is 0 Å². The molecule has 2 aromatic carbocycles. The van der Waals surface area contributed by atoms with Gasteiger partial charge < -0.3 is 0 Å². The third kappa shape index (κ3) is 3.64. The molecule has 0 saturated carbocycles. The van der Waals surface area contributed by atoms with E-state index in [0.29, 0.717) is 0 Å². The van der Waals surface area contributed by atoms with Crippen LogP contribution >= 0.6 is 0 Å². The zero-order valence-electron chi connectivity index (χ0n) is 11.7. The molecule has 0 aliphatic rings. The van der Waals surface area contributed by atoms with Crippen molar-refractivity contribution in [3.63, 3.8) is 0 Å². The van der Waals surface area contributed by atoms with Gasteiger partial charge in [0.25, 0.3) is 0 Å². The van der Waals surface area contributed by atoms with E-state index in [2.05, 4.69) is 37.8 Å². The number of hydrogen-bond acceptors (Lipinski definition) is 0. The van der Waals surface area contributed by atoms with Crippen LogP contribution in [0.2, 0.25) is 19.6 Å². The highest BCUT2D eigenvalue weighted by atomic mass is 28.3. The molecule has 2 heteroatoms. The topological polar surface area (TPSA) is 0 Å². The molecule has 0 aliphatic carbocycles. The highest BCUT2D eigenvalue weighted by molar-refractivity contribution is 6.94. The van der Waals surface area contributed by atoms with Gasteiger partial charge >= 0.3 is 0 Å². The van der Waals surface area contributed by atoms with Gasteiger partial charge in [-0.3, -0.25) is 0 Å². The summed E-state index contributed by atoms with van der Waals surface area (Å²) in [6.07, 6.45) is 2.24. The van der Waals surface area contributed by atoms with E-state index in [1.807, 2.05) is 30.3 Å². The molecule has 0 aromatic heterocycles. The molecule has 0 radical (unpaired) electrons. The molecule has 0 heterocycles. The third-order valence-electron chi connectivity index (χ3n) is 3.07. The summed E-state index contributed by atoms with van der Waals surface area (Å²) in [5, 5.41) is 1.35. The normalized spacial score (nSPS) is 12.5. The van der Waals surface area contributed by atoms with Crippen LogP contribution in [-0.4, -0.2) is 8.07 Å². The van der Waals surface area contributed by atoms with Crippen LogP contribution < -0.4 is 0 Å². The Morgan fingerprint density at radius 1 is 0.895 bits per heavy atom. The third-order valence-corrected chi connectivity index (χ3v) is 5.12. The predicted molar refractivity (Wildman–Crippen MR) is 84.1 cm³/mol. The first-order valence-corrected chi connectivity index (χ1v) is 10.00. The fourth-order valence-corrected chi connectivity index (χ4v) is 3.71. The first-order valence-electron chi connectivity index (χ1n) is 6.50. The van der Waals surface area contributed by atoms with Gasteiger partial charge in [-0.25, -0.2) is 4.39 Å². The zero-order chi connectivity index (χ0) is 13.9. The van der Waals surface area contributed by atoms with Crippen LogP contribution in [0.3, 0.4) is 0 Å². The number of rotatable bonds is 3. The van der Waals surface area contributed by atoms with Crippen LogP contribution in [0.25, 0.3) is 11.3 Å². The van der Waals surface area contributed by atoms with Crippen molar-refractivity contribution in [1.29, 1.82) is 0 Å². The molecule has 0 atom stereocenters. The average Bonchev–Trinajstić information content (AvgIpc) is 2.37. The van der Waals surface area contributed by atoms with Crippen molar-refractivity contribution >= 4 is 19.3 Å². The largest absolute Gasteiger partial charge is 0.207 e. The van der Waals surface area contributed by atoms with Crippen LogP contribution in [0.15, 0.2) is 54.6 Å².